The standard InChI is InChI=1S/C23H28Cl2N4O5.C18H20Cl2N4O3.C16H14Cl2N4O2.I10.I5/c1-5-33-21(31)19-15-13-28(20(30)14-6-7-16(24)17(25)12-14)10-8-18(15)27-29(19)11-9-26-22(32)34-23(2,3)4;1-2-27-18(26)16-12-10-23(7-5-15(12)22-24(16)8-6-21)17(25)11-3-4-13(19)14(20)9-11;17-11-2-1-9(7-12(11)18)16(24)21-5-3-13-10(8-21)14-15(23)19-4-6-22(14)20-13;1-7(2)9(5)10(6)8(3)4;1-4-5(2)3/h6-7,12H,5,8-11,13H2,1-4H3,(H,26,32);3-4,9H,2,5-8,10,21H2,1H3;1-2,7H,3-6,8H2,(H,19,23);;/q;;;;-1. The molecule has 6 aromatic rings. The molecule has 3 aromatic heterocycles. The van der Waals surface area contributed by atoms with Crippen LogP contribution in [0.25, 0.3) is 0 Å². The third-order valence-corrected chi connectivity index (χ3v) is 595. The van der Waals surface area contributed by atoms with Crippen molar-refractivity contribution in [3.05, 3.63) is 152 Å². The first-order valence-corrected chi connectivity index (χ1v) is 113. The van der Waals surface area contributed by atoms with E-state index in [4.69, 9.17) is 89.5 Å². The first-order chi connectivity index (χ1) is 47.2. The number of nitrogens with one attached hydrogen (secondary N) is 2. The van der Waals surface area contributed by atoms with Gasteiger partial charge in [0.25, 0.3) is 23.6 Å². The summed E-state index contributed by atoms with van der Waals surface area (Å²) < 4.78 is 20.5. The number of nitrogens with two attached hydrogens (primary N) is 1. The minimum atomic E-state index is -0.616. The largest absolute Gasteiger partial charge is 0.349 e. The molecule has 0 spiro atoms. The van der Waals surface area contributed by atoms with Crippen molar-refractivity contribution < 1.29 is 61.0 Å². The Balaban J connectivity index is 0.000000216. The number of nitrogens with zero attached hydrogens (tertiary/aromatic N) is 9. The Morgan fingerprint density at radius 1 is 0.590 bits per heavy atom. The van der Waals surface area contributed by atoms with Crippen LogP contribution in [0.4, 0.5) is 4.79 Å². The van der Waals surface area contributed by atoms with Crippen LogP contribution in [0.1, 0.15) is 131 Å². The van der Waals surface area contributed by atoms with Crippen molar-refractivity contribution in [1.29, 1.82) is 0 Å². The monoisotopic (exact) mass is 3190 g/mol. The van der Waals surface area contributed by atoms with Crippen molar-refractivity contribution in [2.45, 2.75) is 98.8 Å². The van der Waals surface area contributed by atoms with Crippen molar-refractivity contribution in [1.82, 2.24) is 54.7 Å². The number of halogens is 21. The Morgan fingerprint density at radius 2 is 0.970 bits per heavy atom. The number of carbonyl (C=O) groups excluding carboxylic acids is 7. The summed E-state index contributed by atoms with van der Waals surface area (Å²) in [5.74, 6) is -1.64. The molecule has 22 nitrogen and oxygen atoms in total. The fourth-order valence-electron chi connectivity index (χ4n) is 9.95. The van der Waals surface area contributed by atoms with Crippen LogP contribution in [-0.4, -0.2) is 144 Å². The zero-order valence-corrected chi connectivity index (χ0v) is 89.7. The maximum Gasteiger partial charge on any atom is 0.269 e. The number of amides is 5. The van der Waals surface area contributed by atoms with E-state index >= 15 is 0 Å². The number of carbonyl (C=O) groups is 7. The molecule has 4 aliphatic rings. The topological polar surface area (TPSA) is 260 Å². The number of fused-ring (bicyclic) bond motifs is 5. The van der Waals surface area contributed by atoms with Gasteiger partial charge in [0, 0.05) is 91.9 Å². The number of rotatable bonds is 16. The quantitative estimate of drug-likeness (QED) is 0.0462. The zero-order valence-electron chi connectivity index (χ0n) is 52.8. The molecule has 4 aliphatic heterocycles. The van der Waals surface area contributed by atoms with E-state index in [1.54, 1.807) is 107 Å². The first-order valence-electron chi connectivity index (χ1n) is 29.1. The van der Waals surface area contributed by atoms with E-state index in [1.165, 1.54) is 10.7 Å². The minimum Gasteiger partial charge on any atom is -0.349 e. The summed E-state index contributed by atoms with van der Waals surface area (Å²) in [5.41, 5.74) is 12.2. The molecular weight excluding hydrogens is 3130 g/mol. The van der Waals surface area contributed by atoms with E-state index in [1.807, 2.05) is 0 Å². The summed E-state index contributed by atoms with van der Waals surface area (Å²) in [5, 5.41) is 21.2. The van der Waals surface area contributed by atoms with E-state index in [9.17, 15) is 33.6 Å². The third-order valence-electron chi connectivity index (χ3n) is 14.0. The maximum absolute atomic E-state index is 13.1. The van der Waals surface area contributed by atoms with Gasteiger partial charge in [0.1, 0.15) is 11.3 Å². The van der Waals surface area contributed by atoms with Crippen LogP contribution < -0.4 is 29.6 Å². The Kier molecular flexibility index (Phi) is 42.5. The summed E-state index contributed by atoms with van der Waals surface area (Å²) in [6, 6.07) is 14.3. The first kappa shape index (κ1) is 92.9. The van der Waals surface area contributed by atoms with Crippen LogP contribution in [0.2, 0.25) is 30.1 Å². The van der Waals surface area contributed by atoms with Gasteiger partial charge in [0.05, 0.1) is 99.7 Å². The van der Waals surface area contributed by atoms with E-state index in [0.717, 1.165) is 22.6 Å². The van der Waals surface area contributed by atoms with Crippen molar-refractivity contribution >= 4 is 318 Å². The Hall–Kier alpha value is 4.03. The number of esters is 2. The van der Waals surface area contributed by atoms with Crippen LogP contribution >= 0.6 is 277 Å². The van der Waals surface area contributed by atoms with Crippen molar-refractivity contribution in [2.75, 3.05) is 52.5 Å². The van der Waals surface area contributed by atoms with Gasteiger partial charge in [-0.05, 0) is 89.2 Å². The Labute approximate surface area is 727 Å². The molecule has 0 atom stereocenters. The number of alkyl carbamates (subject to hydrolysis) is 1. The number of hydrogen-bond acceptors (Lipinski definition) is 14. The summed E-state index contributed by atoms with van der Waals surface area (Å²) >= 11 is 61.1. The average molecular weight is 3190 g/mol. The molecule has 7 heterocycles. The second kappa shape index (κ2) is 45.8. The Morgan fingerprint density at radius 3 is 1.32 bits per heavy atom. The minimum absolute atomic E-state index is 0.126. The van der Waals surface area contributed by atoms with Gasteiger partial charge in [-0.2, -0.15) is 15.3 Å². The molecule has 0 radical (unpaired) electrons. The third kappa shape index (κ3) is 27.7. The van der Waals surface area contributed by atoms with Gasteiger partial charge in [-0.15, -0.1) is 0 Å². The smallest absolute Gasteiger partial charge is 0.269 e. The van der Waals surface area contributed by atoms with E-state index in [0.29, 0.717) is 154 Å². The van der Waals surface area contributed by atoms with Gasteiger partial charge in [0.2, 0.25) is 0 Å². The predicted molar refractivity (Wildman–Crippen MR) is 515 cm³/mol. The SMILES string of the molecule is CCOC(=O)c1c2c(nn1CCN)CCN(C(=O)c1ccc(Cl)c(Cl)c1)C2.CCOC(=O)c1c2c(nn1CCNC(=O)OC(C)(C)C)CCN(C(=O)c1ccc(Cl)c(Cl)c1)C2.II(I)I(I)I(I)I(I)I.I[I-]I(I)I.O=C1NCCn2nc3c(c21)CN(C(=O)c1ccc(Cl)c(Cl)c1)CC3. The van der Waals surface area contributed by atoms with Gasteiger partial charge >= 0.3 is 238 Å². The molecule has 100 heavy (non-hydrogen) atoms. The van der Waals surface area contributed by atoms with E-state index in [-0.39, 0.29) is 108 Å². The fourth-order valence-corrected chi connectivity index (χ4v) is 849. The summed E-state index contributed by atoms with van der Waals surface area (Å²) in [7, 11) is -1.55. The summed E-state index contributed by atoms with van der Waals surface area (Å²) in [6.45, 7) is 14.0. The molecule has 558 valence electrons. The molecule has 10 rings (SSSR count). The average Bonchev–Trinajstić information content (AvgIpc) is 1.62. The van der Waals surface area contributed by atoms with Crippen molar-refractivity contribution in [3.63, 3.8) is 0 Å². The maximum atomic E-state index is 13.1. The molecule has 0 fully saturated rings. The van der Waals surface area contributed by atoms with E-state index < -0.39 is 23.6 Å². The number of hydrogen-bond donors (Lipinski definition) is 3. The van der Waals surface area contributed by atoms with Gasteiger partial charge < -0.3 is 45.3 Å². The van der Waals surface area contributed by atoms with Gasteiger partial charge in [-0.25, -0.2) is 14.4 Å². The molecular formula is C57H62Cl6I15N12O10-. The van der Waals surface area contributed by atoms with Gasteiger partial charge in [-0.3, -0.25) is 33.2 Å². The zero-order chi connectivity index (χ0) is 74.0. The molecule has 0 bridgehead atoms. The molecule has 0 saturated heterocycles. The molecule has 0 saturated carbocycles. The van der Waals surface area contributed by atoms with E-state index in [2.05, 4.69) is 193 Å². The van der Waals surface area contributed by atoms with Crippen molar-refractivity contribution in [2.24, 2.45) is 5.73 Å². The summed E-state index contributed by atoms with van der Waals surface area (Å²) in [4.78, 5) is 93.0. The van der Waals surface area contributed by atoms with Crippen LogP contribution in [0.3, 0.4) is 0 Å². The van der Waals surface area contributed by atoms with Crippen LogP contribution in [0.5, 0.6) is 0 Å². The van der Waals surface area contributed by atoms with Crippen LogP contribution in [0.15, 0.2) is 54.6 Å². The van der Waals surface area contributed by atoms with Crippen molar-refractivity contribution in [3.8, 4) is 0 Å². The molecule has 3 aromatic carbocycles. The second-order valence-corrected chi connectivity index (χ2v) is 284. The van der Waals surface area contributed by atoms with Gasteiger partial charge in [-0.1, -0.05) is 69.6 Å². The van der Waals surface area contributed by atoms with Crippen LogP contribution in [0, 0.1) is 0 Å². The molecule has 43 heteroatoms. The number of ether oxygens (including phenoxy) is 3. The number of aromatic nitrogens is 6. The molecule has 4 N–H and O–H groups in total. The molecule has 0 aliphatic carbocycles. The fraction of sp³-hybridized carbons (Fsp3) is 0.404. The molecule has 0 unspecified atom stereocenters. The molecule has 5 amide bonds. The summed E-state index contributed by atoms with van der Waals surface area (Å²) in [6.07, 6.45) is 1.10. The van der Waals surface area contributed by atoms with Crippen LogP contribution in [-0.2, 0) is 72.7 Å². The van der Waals surface area contributed by atoms with Gasteiger partial charge in [0.15, 0.2) is 11.4 Å². The number of benzene rings is 3. The Bertz CT molecular complexity index is 3900. The second-order valence-electron chi connectivity index (χ2n) is 21.6. The predicted octanol–water partition coefficient (Wildman–Crippen LogP) is 18.1. The normalized spacial score (nSPS) is 14.3.